The van der Waals surface area contributed by atoms with Gasteiger partial charge in [-0.15, -0.1) is 0 Å². The summed E-state index contributed by atoms with van der Waals surface area (Å²) < 4.78 is 47.2. The molecule has 0 amide bonds. The zero-order valence-corrected chi connectivity index (χ0v) is 22.3. The zero-order chi connectivity index (χ0) is 28.4. The molecule has 0 spiro atoms. The molecule has 40 heavy (non-hydrogen) atoms. The molecule has 2 aromatic heterocycles. The molecule has 9 nitrogen and oxygen atoms in total. The molecule has 4 heterocycles. The first kappa shape index (κ1) is 27.6. The van der Waals surface area contributed by atoms with Crippen molar-refractivity contribution in [2.24, 2.45) is 0 Å². The number of aromatic nitrogens is 3. The highest BCUT2D eigenvalue weighted by Gasteiger charge is 2.38. The van der Waals surface area contributed by atoms with Crippen molar-refractivity contribution >= 4 is 17.6 Å². The maximum atomic E-state index is 13.9. The Balaban J connectivity index is 1.47. The van der Waals surface area contributed by atoms with Gasteiger partial charge in [-0.05, 0) is 37.6 Å². The summed E-state index contributed by atoms with van der Waals surface area (Å²) in [7, 11) is 0. The molecule has 3 aromatic rings. The zero-order valence-electron chi connectivity index (χ0n) is 22.3. The number of morpholine rings is 1. The Hall–Kier alpha value is -3.95. The second-order valence-corrected chi connectivity index (χ2v) is 10.1. The van der Waals surface area contributed by atoms with E-state index in [0.717, 1.165) is 11.6 Å². The molecule has 1 N–H and O–H groups in total. The van der Waals surface area contributed by atoms with Crippen molar-refractivity contribution < 1.29 is 23.0 Å². The molecule has 2 atom stereocenters. The van der Waals surface area contributed by atoms with Crippen molar-refractivity contribution in [1.29, 1.82) is 5.26 Å². The van der Waals surface area contributed by atoms with E-state index >= 15 is 0 Å². The van der Waals surface area contributed by atoms with Gasteiger partial charge in [-0.3, -0.25) is 0 Å². The van der Waals surface area contributed by atoms with Gasteiger partial charge in [0.2, 0.25) is 5.95 Å². The molecule has 1 aromatic carbocycles. The summed E-state index contributed by atoms with van der Waals surface area (Å²) in [6.45, 7) is 6.25. The number of benzene rings is 1. The molecular weight excluding hydrogens is 523 g/mol. The third-order valence-corrected chi connectivity index (χ3v) is 7.27. The first-order chi connectivity index (χ1) is 19.2. The van der Waals surface area contributed by atoms with E-state index in [-0.39, 0.29) is 23.5 Å². The topological polar surface area (TPSA) is 102 Å². The number of nitrogens with zero attached hydrogens (tertiary/aromatic N) is 7. The summed E-state index contributed by atoms with van der Waals surface area (Å²) in [6, 6.07) is 12.0. The largest absolute Gasteiger partial charge is 0.419 e. The first-order valence-electron chi connectivity index (χ1n) is 13.1. The normalized spacial score (nSPS) is 20.0. The summed E-state index contributed by atoms with van der Waals surface area (Å²) in [5, 5.41) is 18.5. The van der Waals surface area contributed by atoms with Crippen molar-refractivity contribution in [3.05, 3.63) is 59.3 Å². The average Bonchev–Trinajstić information content (AvgIpc) is 2.96. The van der Waals surface area contributed by atoms with Crippen molar-refractivity contribution in [3.8, 4) is 17.3 Å². The minimum atomic E-state index is -4.60. The van der Waals surface area contributed by atoms with Gasteiger partial charge in [-0.2, -0.15) is 23.4 Å². The number of piperazine rings is 1. The Kier molecular flexibility index (Phi) is 7.78. The fraction of sp³-hybridized carbons (Fsp3) is 0.429. The van der Waals surface area contributed by atoms with Gasteiger partial charge in [0.15, 0.2) is 0 Å². The Morgan fingerprint density at radius 1 is 1.05 bits per heavy atom. The van der Waals surface area contributed by atoms with E-state index in [1.807, 2.05) is 32.0 Å². The number of aliphatic hydroxyl groups is 1. The van der Waals surface area contributed by atoms with Crippen molar-refractivity contribution in [2.75, 3.05) is 54.1 Å². The minimum absolute atomic E-state index is 0.0702. The standard InChI is InChI=1S/C28H30F3N7O2/c1-18-15-36(26-23(28(29,30)31)11-21(16-39)14-33-26)7-8-37(18)25-12-24(22-5-3-20(13-32)4-6-22)34-27(35-25)38-9-10-40-17-19(38)2/h3-6,11-12,14,18-19,39H,7-10,15-17H2,1-2H3/t18-,19+/m1/s1. The SMILES string of the molecule is C[C@@H]1CN(c2ncc(CO)cc2C(F)(F)F)CCN1c1cc(-c2ccc(C#N)cc2)nc(N2CCOC[C@@H]2C)n1. The van der Waals surface area contributed by atoms with Crippen LogP contribution in [0.3, 0.4) is 0 Å². The predicted octanol–water partition coefficient (Wildman–Crippen LogP) is 3.86. The highest BCUT2D eigenvalue weighted by Crippen LogP contribution is 2.37. The maximum Gasteiger partial charge on any atom is 0.419 e. The van der Waals surface area contributed by atoms with Gasteiger partial charge in [0.05, 0.1) is 48.8 Å². The minimum Gasteiger partial charge on any atom is -0.392 e. The number of hydrogen-bond acceptors (Lipinski definition) is 9. The second kappa shape index (κ2) is 11.3. The summed E-state index contributed by atoms with van der Waals surface area (Å²) in [6.07, 6.45) is -3.31. The van der Waals surface area contributed by atoms with Gasteiger partial charge in [-0.1, -0.05) is 12.1 Å². The lowest BCUT2D eigenvalue weighted by Gasteiger charge is -2.42. The number of anilines is 3. The van der Waals surface area contributed by atoms with Crippen LogP contribution in [-0.2, 0) is 17.5 Å². The van der Waals surface area contributed by atoms with Gasteiger partial charge < -0.3 is 24.5 Å². The lowest BCUT2D eigenvalue weighted by Crippen LogP contribution is -2.53. The van der Waals surface area contributed by atoms with Crippen LogP contribution < -0.4 is 14.7 Å². The molecule has 2 fully saturated rings. The molecule has 12 heteroatoms. The smallest absolute Gasteiger partial charge is 0.392 e. The van der Waals surface area contributed by atoms with Crippen LogP contribution in [0.5, 0.6) is 0 Å². The van der Waals surface area contributed by atoms with Crippen LogP contribution in [-0.4, -0.2) is 71.5 Å². The molecule has 0 bridgehead atoms. The monoisotopic (exact) mass is 553 g/mol. The Morgan fingerprint density at radius 3 is 2.48 bits per heavy atom. The van der Waals surface area contributed by atoms with Crippen LogP contribution in [0.15, 0.2) is 42.6 Å². The molecule has 0 aliphatic carbocycles. The number of hydrogen-bond donors (Lipinski definition) is 1. The van der Waals surface area contributed by atoms with Crippen LogP contribution in [0.4, 0.5) is 30.8 Å². The van der Waals surface area contributed by atoms with Crippen molar-refractivity contribution in [2.45, 2.75) is 38.7 Å². The van der Waals surface area contributed by atoms with Crippen LogP contribution in [0.1, 0.15) is 30.5 Å². The van der Waals surface area contributed by atoms with Gasteiger partial charge in [0.25, 0.3) is 0 Å². The fourth-order valence-corrected chi connectivity index (χ4v) is 5.12. The van der Waals surface area contributed by atoms with Crippen LogP contribution in [0, 0.1) is 11.3 Å². The van der Waals surface area contributed by atoms with Crippen LogP contribution in [0.25, 0.3) is 11.3 Å². The number of aliphatic hydroxyl groups excluding tert-OH is 1. The van der Waals surface area contributed by atoms with E-state index in [0.29, 0.717) is 62.4 Å². The molecular formula is C28H30F3N7O2. The van der Waals surface area contributed by atoms with Gasteiger partial charge in [0.1, 0.15) is 11.6 Å². The third-order valence-electron chi connectivity index (χ3n) is 7.27. The van der Waals surface area contributed by atoms with Gasteiger partial charge in [-0.25, -0.2) is 9.97 Å². The van der Waals surface area contributed by atoms with E-state index < -0.39 is 18.3 Å². The third kappa shape index (κ3) is 5.66. The number of ether oxygens (including phenoxy) is 1. The second-order valence-electron chi connectivity index (χ2n) is 10.1. The van der Waals surface area contributed by atoms with E-state index in [9.17, 15) is 23.5 Å². The van der Waals surface area contributed by atoms with E-state index in [1.54, 1.807) is 17.0 Å². The lowest BCUT2D eigenvalue weighted by atomic mass is 10.1. The molecule has 210 valence electrons. The Labute approximate surface area is 230 Å². The molecule has 0 saturated carbocycles. The number of alkyl halides is 3. The van der Waals surface area contributed by atoms with E-state index in [2.05, 4.69) is 20.9 Å². The number of halogens is 3. The molecule has 2 aliphatic heterocycles. The fourth-order valence-electron chi connectivity index (χ4n) is 5.12. The first-order valence-corrected chi connectivity index (χ1v) is 13.1. The van der Waals surface area contributed by atoms with Gasteiger partial charge >= 0.3 is 6.18 Å². The number of nitriles is 1. The van der Waals surface area contributed by atoms with Crippen LogP contribution in [0.2, 0.25) is 0 Å². The van der Waals surface area contributed by atoms with Gasteiger partial charge in [0, 0.05) is 50.0 Å². The molecule has 2 aliphatic rings. The predicted molar refractivity (Wildman–Crippen MR) is 144 cm³/mol. The van der Waals surface area contributed by atoms with Crippen molar-refractivity contribution in [1.82, 2.24) is 15.0 Å². The summed E-state index contributed by atoms with van der Waals surface area (Å²) in [5.74, 6) is 1.10. The van der Waals surface area contributed by atoms with E-state index in [4.69, 9.17) is 14.7 Å². The number of pyridine rings is 1. The molecule has 5 rings (SSSR count). The average molecular weight is 554 g/mol. The maximum absolute atomic E-state index is 13.9. The van der Waals surface area contributed by atoms with Crippen LogP contribution >= 0.6 is 0 Å². The quantitative estimate of drug-likeness (QED) is 0.505. The molecule has 0 radical (unpaired) electrons. The number of rotatable bonds is 5. The Bertz CT molecular complexity index is 1390. The summed E-state index contributed by atoms with van der Waals surface area (Å²) >= 11 is 0. The van der Waals surface area contributed by atoms with E-state index in [1.165, 1.54) is 6.20 Å². The lowest BCUT2D eigenvalue weighted by molar-refractivity contribution is -0.137. The summed E-state index contributed by atoms with van der Waals surface area (Å²) in [5.41, 5.74) is 1.33. The highest BCUT2D eigenvalue weighted by atomic mass is 19.4. The van der Waals surface area contributed by atoms with Crippen molar-refractivity contribution in [3.63, 3.8) is 0 Å². The molecule has 0 unspecified atom stereocenters. The summed E-state index contributed by atoms with van der Waals surface area (Å²) in [4.78, 5) is 19.7. The molecule has 2 saturated heterocycles. The highest BCUT2D eigenvalue weighted by molar-refractivity contribution is 5.66. The Morgan fingerprint density at radius 2 is 1.82 bits per heavy atom.